The summed E-state index contributed by atoms with van der Waals surface area (Å²) in [6.07, 6.45) is 1.65. The van der Waals surface area contributed by atoms with Crippen molar-refractivity contribution in [2.45, 2.75) is 19.5 Å². The third-order valence-corrected chi connectivity index (χ3v) is 3.60. The molecule has 2 N–H and O–H groups in total. The monoisotopic (exact) mass is 328 g/mol. The summed E-state index contributed by atoms with van der Waals surface area (Å²) in [6, 6.07) is 8.18. The smallest absolute Gasteiger partial charge is 0.274 e. The van der Waals surface area contributed by atoms with Crippen molar-refractivity contribution in [3.8, 4) is 5.75 Å². The van der Waals surface area contributed by atoms with E-state index < -0.39 is 11.6 Å². The molecule has 3 aromatic rings. The number of fused-ring (bicyclic) bond motifs is 1. The molecule has 0 aliphatic carbocycles. The Morgan fingerprint density at radius 2 is 2.12 bits per heavy atom. The fraction of sp³-hybridized carbons (Fsp3) is 0.235. The zero-order chi connectivity index (χ0) is 17.3. The Morgan fingerprint density at radius 1 is 1.33 bits per heavy atom. The quantitative estimate of drug-likeness (QED) is 0.769. The first kappa shape index (κ1) is 15.9. The molecule has 1 aromatic carbocycles. The number of rotatable bonds is 4. The van der Waals surface area contributed by atoms with Gasteiger partial charge in [0.25, 0.3) is 5.91 Å². The average molecular weight is 328 g/mol. The summed E-state index contributed by atoms with van der Waals surface area (Å²) in [5.74, 6) is 0.0457. The number of nitrogens with zero attached hydrogens (tertiary/aromatic N) is 2. The summed E-state index contributed by atoms with van der Waals surface area (Å²) in [6.45, 7) is 2.79. The van der Waals surface area contributed by atoms with Crippen LogP contribution < -0.4 is 10.1 Å². The van der Waals surface area contributed by atoms with Gasteiger partial charge in [-0.05, 0) is 32.0 Å². The third-order valence-electron chi connectivity index (χ3n) is 3.60. The lowest BCUT2D eigenvalue weighted by Gasteiger charge is -2.14. The molecule has 24 heavy (non-hydrogen) atoms. The summed E-state index contributed by atoms with van der Waals surface area (Å²) in [4.78, 5) is 16.6. The summed E-state index contributed by atoms with van der Waals surface area (Å²) in [5.41, 5.74) is -0.00354. The number of amides is 1. The highest BCUT2D eigenvalue weighted by atomic mass is 19.1. The Morgan fingerprint density at radius 3 is 2.83 bits per heavy atom. The van der Waals surface area contributed by atoms with E-state index in [0.717, 1.165) is 10.9 Å². The third kappa shape index (κ3) is 3.05. The number of alkyl halides is 1. The molecule has 0 saturated heterocycles. The Kier molecular flexibility index (Phi) is 3.92. The molecule has 6 nitrogen and oxygen atoms in total. The fourth-order valence-corrected chi connectivity index (χ4v) is 2.32. The number of ether oxygens (including phenoxy) is 1. The number of pyridine rings is 1. The van der Waals surface area contributed by atoms with Crippen molar-refractivity contribution in [2.24, 2.45) is 0 Å². The highest BCUT2D eigenvalue weighted by Gasteiger charge is 2.22. The van der Waals surface area contributed by atoms with Crippen LogP contribution in [0.5, 0.6) is 5.75 Å². The van der Waals surface area contributed by atoms with Crippen LogP contribution in [-0.2, 0) is 5.67 Å². The zero-order valence-electron chi connectivity index (χ0n) is 13.6. The lowest BCUT2D eigenvalue weighted by molar-refractivity contribution is 0.102. The van der Waals surface area contributed by atoms with Crippen molar-refractivity contribution in [2.75, 3.05) is 12.4 Å². The summed E-state index contributed by atoms with van der Waals surface area (Å²) >= 11 is 0. The van der Waals surface area contributed by atoms with Crippen LogP contribution in [0.3, 0.4) is 0 Å². The molecule has 2 aromatic heterocycles. The predicted molar refractivity (Wildman–Crippen MR) is 89.0 cm³/mol. The predicted octanol–water partition coefficient (Wildman–Crippen LogP) is 3.42. The number of hydrogen-bond donors (Lipinski definition) is 2. The normalized spacial score (nSPS) is 11.5. The lowest BCUT2D eigenvalue weighted by Crippen LogP contribution is -2.18. The molecule has 0 radical (unpaired) electrons. The van der Waals surface area contributed by atoms with E-state index in [-0.39, 0.29) is 11.4 Å². The molecule has 0 aliphatic rings. The lowest BCUT2D eigenvalue weighted by atomic mass is 10.1. The highest BCUT2D eigenvalue weighted by molar-refractivity contribution is 6.05. The number of carbonyl (C=O) groups excluding carboxylic acids is 1. The van der Waals surface area contributed by atoms with E-state index in [4.69, 9.17) is 4.74 Å². The number of aromatic nitrogens is 3. The Labute approximate surface area is 138 Å². The van der Waals surface area contributed by atoms with Gasteiger partial charge in [-0.25, -0.2) is 9.37 Å². The van der Waals surface area contributed by atoms with E-state index in [2.05, 4.69) is 20.5 Å². The first-order valence-corrected chi connectivity index (χ1v) is 7.37. The van der Waals surface area contributed by atoms with Gasteiger partial charge >= 0.3 is 0 Å². The number of H-pyrrole nitrogens is 1. The van der Waals surface area contributed by atoms with Gasteiger partial charge in [0.1, 0.15) is 17.1 Å². The standard InChI is InChI=1S/C17H17FN4O2/c1-17(2,18)15-6-4-5-11(20-15)16(23)21-13-7-10-9-19-22-12(10)8-14(13)24-3/h4-9H,1-3H3,(H,19,22)(H,21,23). The van der Waals surface area contributed by atoms with E-state index in [9.17, 15) is 9.18 Å². The van der Waals surface area contributed by atoms with E-state index in [1.54, 1.807) is 30.5 Å². The number of halogens is 1. The van der Waals surface area contributed by atoms with Gasteiger partial charge in [0.05, 0.1) is 30.2 Å². The van der Waals surface area contributed by atoms with E-state index in [1.807, 2.05) is 0 Å². The van der Waals surface area contributed by atoms with Gasteiger partial charge < -0.3 is 10.1 Å². The number of hydrogen-bond acceptors (Lipinski definition) is 4. The molecule has 0 saturated carbocycles. The molecule has 7 heteroatoms. The number of nitrogens with one attached hydrogen (secondary N) is 2. The largest absolute Gasteiger partial charge is 0.494 e. The van der Waals surface area contributed by atoms with Crippen LogP contribution >= 0.6 is 0 Å². The molecule has 3 rings (SSSR count). The second-order valence-electron chi connectivity index (χ2n) is 5.84. The molecular weight excluding hydrogens is 311 g/mol. The SMILES string of the molecule is COc1cc2[nH]ncc2cc1NC(=O)c1cccc(C(C)(C)F)n1. The van der Waals surface area contributed by atoms with Crippen LogP contribution in [0.2, 0.25) is 0 Å². The molecule has 0 fully saturated rings. The maximum atomic E-state index is 14.0. The number of aromatic amines is 1. The van der Waals surface area contributed by atoms with Gasteiger partial charge in [0, 0.05) is 11.5 Å². The number of anilines is 1. The summed E-state index contributed by atoms with van der Waals surface area (Å²) in [7, 11) is 1.51. The number of carbonyl (C=O) groups is 1. The maximum Gasteiger partial charge on any atom is 0.274 e. The molecule has 124 valence electrons. The van der Waals surface area contributed by atoms with Gasteiger partial charge in [-0.1, -0.05) is 6.07 Å². The molecule has 0 spiro atoms. The summed E-state index contributed by atoms with van der Waals surface area (Å²) < 4.78 is 19.3. The second kappa shape index (κ2) is 5.92. The minimum atomic E-state index is -1.62. The molecule has 1 amide bonds. The molecule has 0 aliphatic heterocycles. The van der Waals surface area contributed by atoms with Gasteiger partial charge in [-0.15, -0.1) is 0 Å². The van der Waals surface area contributed by atoms with Crippen LogP contribution in [0.25, 0.3) is 10.9 Å². The molecule has 0 atom stereocenters. The van der Waals surface area contributed by atoms with Crippen molar-refractivity contribution in [1.29, 1.82) is 0 Å². The Bertz CT molecular complexity index is 899. The molecule has 0 unspecified atom stereocenters. The fourth-order valence-electron chi connectivity index (χ4n) is 2.32. The summed E-state index contributed by atoms with van der Waals surface area (Å²) in [5, 5.41) is 10.4. The van der Waals surface area contributed by atoms with Crippen LogP contribution in [-0.4, -0.2) is 28.2 Å². The van der Waals surface area contributed by atoms with Crippen LogP contribution in [0.1, 0.15) is 30.0 Å². The first-order chi connectivity index (χ1) is 11.4. The van der Waals surface area contributed by atoms with Crippen molar-refractivity contribution < 1.29 is 13.9 Å². The molecule has 2 heterocycles. The minimum absolute atomic E-state index is 0.132. The van der Waals surface area contributed by atoms with Crippen LogP contribution in [0.4, 0.5) is 10.1 Å². The second-order valence-corrected chi connectivity index (χ2v) is 5.84. The van der Waals surface area contributed by atoms with Gasteiger partial charge in [-0.3, -0.25) is 9.89 Å². The van der Waals surface area contributed by atoms with Crippen LogP contribution in [0, 0.1) is 0 Å². The van der Waals surface area contributed by atoms with Gasteiger partial charge in [0.15, 0.2) is 0 Å². The van der Waals surface area contributed by atoms with Crippen molar-refractivity contribution in [3.63, 3.8) is 0 Å². The number of methoxy groups -OCH3 is 1. The van der Waals surface area contributed by atoms with Crippen molar-refractivity contribution in [3.05, 3.63) is 47.9 Å². The van der Waals surface area contributed by atoms with Crippen molar-refractivity contribution >= 4 is 22.5 Å². The number of benzene rings is 1. The topological polar surface area (TPSA) is 79.9 Å². The highest BCUT2D eigenvalue weighted by Crippen LogP contribution is 2.30. The molecule has 0 bridgehead atoms. The minimum Gasteiger partial charge on any atom is -0.494 e. The van der Waals surface area contributed by atoms with E-state index in [0.29, 0.717) is 11.4 Å². The maximum absolute atomic E-state index is 14.0. The first-order valence-electron chi connectivity index (χ1n) is 7.37. The average Bonchev–Trinajstić information content (AvgIpc) is 3.00. The Balaban J connectivity index is 1.92. The van der Waals surface area contributed by atoms with Gasteiger partial charge in [-0.2, -0.15) is 5.10 Å². The van der Waals surface area contributed by atoms with Gasteiger partial charge in [0.2, 0.25) is 0 Å². The molecular formula is C17H17FN4O2. The van der Waals surface area contributed by atoms with E-state index >= 15 is 0 Å². The van der Waals surface area contributed by atoms with Crippen LogP contribution in [0.15, 0.2) is 36.5 Å². The Hall–Kier alpha value is -2.96. The van der Waals surface area contributed by atoms with Crippen molar-refractivity contribution in [1.82, 2.24) is 15.2 Å². The zero-order valence-corrected chi connectivity index (χ0v) is 13.6. The van der Waals surface area contributed by atoms with E-state index in [1.165, 1.54) is 27.0 Å².